The van der Waals surface area contributed by atoms with Crippen molar-refractivity contribution in [3.8, 4) is 5.75 Å². The summed E-state index contributed by atoms with van der Waals surface area (Å²) < 4.78 is 5.75. The van der Waals surface area contributed by atoms with Gasteiger partial charge in [0.05, 0.1) is 0 Å². The van der Waals surface area contributed by atoms with Crippen LogP contribution in [0.25, 0.3) is 0 Å². The summed E-state index contributed by atoms with van der Waals surface area (Å²) in [5.74, 6) is 0.782. The van der Waals surface area contributed by atoms with E-state index in [1.54, 1.807) is 0 Å². The lowest BCUT2D eigenvalue weighted by Crippen LogP contribution is -2.25. The van der Waals surface area contributed by atoms with Crippen LogP contribution in [0.15, 0.2) is 54.6 Å². The fourth-order valence-electron chi connectivity index (χ4n) is 2.22. The quantitative estimate of drug-likeness (QED) is 0.742. The van der Waals surface area contributed by atoms with Gasteiger partial charge >= 0.3 is 0 Å². The molecule has 0 aliphatic carbocycles. The Morgan fingerprint density at radius 2 is 1.73 bits per heavy atom. The number of ether oxygens (including phenoxy) is 1. The van der Waals surface area contributed by atoms with Crippen molar-refractivity contribution in [2.45, 2.75) is 32.8 Å². The standard InChI is InChI=1S/C19H23NO2/c1-2-3-9-14-20-19(21)18-13-8-7-10-16(18)15-22-17-11-5-4-6-12-17/h4-8,10-13H,2-3,9,14-15H2,1H3,(H,20,21). The Balaban J connectivity index is 1.95. The smallest absolute Gasteiger partial charge is 0.251 e. The first-order valence-electron chi connectivity index (χ1n) is 7.85. The lowest BCUT2D eigenvalue weighted by atomic mass is 10.1. The topological polar surface area (TPSA) is 38.3 Å². The molecule has 0 saturated heterocycles. The van der Waals surface area contributed by atoms with Crippen molar-refractivity contribution in [1.29, 1.82) is 0 Å². The molecule has 0 aromatic heterocycles. The normalized spacial score (nSPS) is 10.2. The van der Waals surface area contributed by atoms with Gasteiger partial charge < -0.3 is 10.1 Å². The first kappa shape index (κ1) is 16.1. The van der Waals surface area contributed by atoms with Crippen LogP contribution in [-0.2, 0) is 6.61 Å². The van der Waals surface area contributed by atoms with E-state index >= 15 is 0 Å². The minimum atomic E-state index is -0.0247. The van der Waals surface area contributed by atoms with E-state index in [1.165, 1.54) is 0 Å². The van der Waals surface area contributed by atoms with Crippen molar-refractivity contribution in [3.05, 3.63) is 65.7 Å². The van der Waals surface area contributed by atoms with Crippen LogP contribution in [0.5, 0.6) is 5.75 Å². The van der Waals surface area contributed by atoms with E-state index in [2.05, 4.69) is 12.2 Å². The Kier molecular flexibility index (Phi) is 6.49. The Morgan fingerprint density at radius 1 is 1.00 bits per heavy atom. The van der Waals surface area contributed by atoms with Gasteiger partial charge in [-0.25, -0.2) is 0 Å². The maximum absolute atomic E-state index is 12.3. The summed E-state index contributed by atoms with van der Waals surface area (Å²) in [6, 6.07) is 17.2. The molecule has 0 radical (unpaired) electrons. The molecule has 116 valence electrons. The molecule has 0 atom stereocenters. The molecule has 22 heavy (non-hydrogen) atoms. The second kappa shape index (κ2) is 8.88. The molecule has 0 fully saturated rings. The van der Waals surface area contributed by atoms with Crippen LogP contribution in [0.3, 0.4) is 0 Å². The molecule has 2 rings (SSSR count). The van der Waals surface area contributed by atoms with Crippen molar-refractivity contribution < 1.29 is 9.53 Å². The van der Waals surface area contributed by atoms with Crippen molar-refractivity contribution >= 4 is 5.91 Å². The molecule has 1 amide bonds. The molecule has 0 heterocycles. The number of hydrogen-bond acceptors (Lipinski definition) is 2. The third kappa shape index (κ3) is 4.92. The van der Waals surface area contributed by atoms with E-state index in [0.717, 1.165) is 37.1 Å². The third-order valence-electron chi connectivity index (χ3n) is 3.47. The van der Waals surface area contributed by atoms with Gasteiger partial charge in [0, 0.05) is 17.7 Å². The summed E-state index contributed by atoms with van der Waals surface area (Å²) in [7, 11) is 0. The first-order valence-corrected chi connectivity index (χ1v) is 7.85. The number of rotatable bonds is 8. The molecule has 3 heteroatoms. The average molecular weight is 297 g/mol. The van der Waals surface area contributed by atoms with Crippen molar-refractivity contribution in [1.82, 2.24) is 5.32 Å². The number of carbonyl (C=O) groups is 1. The maximum Gasteiger partial charge on any atom is 0.251 e. The highest BCUT2D eigenvalue weighted by atomic mass is 16.5. The Morgan fingerprint density at radius 3 is 2.50 bits per heavy atom. The van der Waals surface area contributed by atoms with Gasteiger partial charge in [-0.15, -0.1) is 0 Å². The molecule has 0 aliphatic rings. The predicted molar refractivity (Wildman–Crippen MR) is 89.1 cm³/mol. The summed E-state index contributed by atoms with van der Waals surface area (Å²) in [6.07, 6.45) is 3.31. The molecule has 0 unspecified atom stereocenters. The maximum atomic E-state index is 12.3. The zero-order valence-corrected chi connectivity index (χ0v) is 13.0. The van der Waals surface area contributed by atoms with Crippen LogP contribution in [0.1, 0.15) is 42.1 Å². The van der Waals surface area contributed by atoms with E-state index in [4.69, 9.17) is 4.74 Å². The molecule has 0 spiro atoms. The predicted octanol–water partition coefficient (Wildman–Crippen LogP) is 4.19. The van der Waals surface area contributed by atoms with E-state index in [1.807, 2.05) is 54.6 Å². The molecule has 3 nitrogen and oxygen atoms in total. The molecule has 2 aromatic carbocycles. The summed E-state index contributed by atoms with van der Waals surface area (Å²) in [4.78, 5) is 12.3. The van der Waals surface area contributed by atoms with Crippen LogP contribution in [0, 0.1) is 0 Å². The SMILES string of the molecule is CCCCCNC(=O)c1ccccc1COc1ccccc1. The summed E-state index contributed by atoms with van der Waals surface area (Å²) in [5, 5.41) is 2.98. The summed E-state index contributed by atoms with van der Waals surface area (Å²) in [6.45, 7) is 3.27. The van der Waals surface area contributed by atoms with Gasteiger partial charge in [-0.2, -0.15) is 0 Å². The molecular weight excluding hydrogens is 274 g/mol. The molecular formula is C19H23NO2. The zero-order chi connectivity index (χ0) is 15.6. The zero-order valence-electron chi connectivity index (χ0n) is 13.0. The Labute approximate surface area is 132 Å². The summed E-state index contributed by atoms with van der Waals surface area (Å²) in [5.41, 5.74) is 1.59. The Hall–Kier alpha value is -2.29. The monoisotopic (exact) mass is 297 g/mol. The van der Waals surface area contributed by atoms with Crippen LogP contribution in [0.2, 0.25) is 0 Å². The van der Waals surface area contributed by atoms with Gasteiger partial charge in [-0.05, 0) is 24.6 Å². The van der Waals surface area contributed by atoms with Crippen molar-refractivity contribution in [2.24, 2.45) is 0 Å². The van der Waals surface area contributed by atoms with E-state index in [9.17, 15) is 4.79 Å². The number of benzene rings is 2. The second-order valence-corrected chi connectivity index (χ2v) is 5.22. The number of carbonyl (C=O) groups excluding carboxylic acids is 1. The second-order valence-electron chi connectivity index (χ2n) is 5.22. The van der Waals surface area contributed by atoms with E-state index in [0.29, 0.717) is 12.2 Å². The largest absolute Gasteiger partial charge is 0.489 e. The molecule has 0 bridgehead atoms. The van der Waals surface area contributed by atoms with Gasteiger partial charge in [0.25, 0.3) is 5.91 Å². The highest BCUT2D eigenvalue weighted by molar-refractivity contribution is 5.95. The van der Waals surface area contributed by atoms with Gasteiger partial charge in [0.1, 0.15) is 12.4 Å². The summed E-state index contributed by atoms with van der Waals surface area (Å²) >= 11 is 0. The number of para-hydroxylation sites is 1. The lowest BCUT2D eigenvalue weighted by Gasteiger charge is -2.11. The lowest BCUT2D eigenvalue weighted by molar-refractivity contribution is 0.0950. The highest BCUT2D eigenvalue weighted by Crippen LogP contribution is 2.14. The molecule has 0 aliphatic heterocycles. The third-order valence-corrected chi connectivity index (χ3v) is 3.47. The number of unbranched alkanes of at least 4 members (excludes halogenated alkanes) is 2. The van der Waals surface area contributed by atoms with Gasteiger partial charge in [0.2, 0.25) is 0 Å². The van der Waals surface area contributed by atoms with Crippen LogP contribution in [0.4, 0.5) is 0 Å². The van der Waals surface area contributed by atoms with Crippen LogP contribution in [-0.4, -0.2) is 12.5 Å². The van der Waals surface area contributed by atoms with E-state index < -0.39 is 0 Å². The van der Waals surface area contributed by atoms with Crippen molar-refractivity contribution in [2.75, 3.05) is 6.54 Å². The minimum absolute atomic E-state index is 0.0247. The highest BCUT2D eigenvalue weighted by Gasteiger charge is 2.10. The molecule has 2 aromatic rings. The average Bonchev–Trinajstić information content (AvgIpc) is 2.58. The molecule has 0 saturated carbocycles. The Bertz CT molecular complexity index is 581. The van der Waals surface area contributed by atoms with Gasteiger partial charge in [0.15, 0.2) is 0 Å². The van der Waals surface area contributed by atoms with Gasteiger partial charge in [-0.1, -0.05) is 56.2 Å². The number of amides is 1. The van der Waals surface area contributed by atoms with Crippen LogP contribution >= 0.6 is 0 Å². The van der Waals surface area contributed by atoms with Crippen molar-refractivity contribution in [3.63, 3.8) is 0 Å². The minimum Gasteiger partial charge on any atom is -0.489 e. The fraction of sp³-hybridized carbons (Fsp3) is 0.316. The van der Waals surface area contributed by atoms with Gasteiger partial charge in [-0.3, -0.25) is 4.79 Å². The van der Waals surface area contributed by atoms with E-state index in [-0.39, 0.29) is 5.91 Å². The fourth-order valence-corrected chi connectivity index (χ4v) is 2.22. The number of nitrogens with one attached hydrogen (secondary N) is 1. The first-order chi connectivity index (χ1) is 10.8. The van der Waals surface area contributed by atoms with Crippen LogP contribution < -0.4 is 10.1 Å². The number of hydrogen-bond donors (Lipinski definition) is 1. The molecule has 1 N–H and O–H groups in total.